The quantitative estimate of drug-likeness (QED) is 0.830. The summed E-state index contributed by atoms with van der Waals surface area (Å²) in [6, 6.07) is 12.8. The Hall–Kier alpha value is -2.11. The first-order valence-corrected chi connectivity index (χ1v) is 9.13. The Morgan fingerprint density at radius 1 is 1.15 bits per heavy atom. The molecule has 2 aromatic rings. The number of benzene rings is 2. The number of rotatable bonds is 6. The van der Waals surface area contributed by atoms with E-state index in [1.54, 1.807) is 36.4 Å². The standard InChI is InChI=1S/C21H26FNO3/c1-2-12-23-13-11-21(25,14-16-3-5-17(22)6-4-16)20(15-23)26-19-9-7-18(24)8-10-19/h3-10,20,24-25H,2,11-15H2,1H3. The highest BCUT2D eigenvalue weighted by Crippen LogP contribution is 2.31. The van der Waals surface area contributed by atoms with Gasteiger partial charge in [0.2, 0.25) is 0 Å². The number of halogens is 1. The fraction of sp³-hybridized carbons (Fsp3) is 0.429. The van der Waals surface area contributed by atoms with E-state index >= 15 is 0 Å². The zero-order valence-corrected chi connectivity index (χ0v) is 15.1. The highest BCUT2D eigenvalue weighted by molar-refractivity contribution is 5.31. The molecule has 2 atom stereocenters. The lowest BCUT2D eigenvalue weighted by molar-refractivity contribution is -0.106. The molecule has 4 nitrogen and oxygen atoms in total. The molecule has 5 heteroatoms. The van der Waals surface area contributed by atoms with Crippen molar-refractivity contribution in [3.63, 3.8) is 0 Å². The summed E-state index contributed by atoms with van der Waals surface area (Å²) < 4.78 is 19.3. The molecule has 140 valence electrons. The van der Waals surface area contributed by atoms with Gasteiger partial charge in [0, 0.05) is 19.5 Å². The van der Waals surface area contributed by atoms with Gasteiger partial charge in [0.05, 0.1) is 0 Å². The lowest BCUT2D eigenvalue weighted by Crippen LogP contribution is -2.59. The van der Waals surface area contributed by atoms with E-state index in [0.29, 0.717) is 25.1 Å². The van der Waals surface area contributed by atoms with Crippen LogP contribution in [0.3, 0.4) is 0 Å². The Kier molecular flexibility index (Phi) is 5.79. The van der Waals surface area contributed by atoms with Crippen molar-refractivity contribution in [1.82, 2.24) is 4.90 Å². The second-order valence-corrected chi connectivity index (χ2v) is 7.06. The summed E-state index contributed by atoms with van der Waals surface area (Å²) in [7, 11) is 0. The van der Waals surface area contributed by atoms with Crippen LogP contribution in [0.15, 0.2) is 48.5 Å². The van der Waals surface area contributed by atoms with Crippen molar-refractivity contribution < 1.29 is 19.3 Å². The van der Waals surface area contributed by atoms with E-state index in [1.807, 2.05) is 0 Å². The molecule has 0 bridgehead atoms. The summed E-state index contributed by atoms with van der Waals surface area (Å²) in [6.07, 6.45) is 1.64. The molecule has 26 heavy (non-hydrogen) atoms. The second kappa shape index (κ2) is 8.06. The number of nitrogens with zero attached hydrogens (tertiary/aromatic N) is 1. The van der Waals surface area contributed by atoms with Gasteiger partial charge < -0.3 is 14.9 Å². The van der Waals surface area contributed by atoms with E-state index in [9.17, 15) is 14.6 Å². The summed E-state index contributed by atoms with van der Waals surface area (Å²) in [6.45, 7) is 4.53. The van der Waals surface area contributed by atoms with Crippen molar-refractivity contribution in [1.29, 1.82) is 0 Å². The highest BCUT2D eigenvalue weighted by Gasteiger charge is 2.43. The molecule has 2 N–H and O–H groups in total. The lowest BCUT2D eigenvalue weighted by Gasteiger charge is -2.44. The zero-order chi connectivity index (χ0) is 18.6. The molecule has 2 aromatic carbocycles. The highest BCUT2D eigenvalue weighted by atomic mass is 19.1. The van der Waals surface area contributed by atoms with Crippen LogP contribution in [0.1, 0.15) is 25.3 Å². The van der Waals surface area contributed by atoms with Crippen LogP contribution >= 0.6 is 0 Å². The van der Waals surface area contributed by atoms with Crippen LogP contribution in [-0.4, -0.2) is 46.5 Å². The first-order valence-electron chi connectivity index (χ1n) is 9.13. The molecule has 3 rings (SSSR count). The third-order valence-corrected chi connectivity index (χ3v) is 4.96. The molecule has 1 aliphatic heterocycles. The van der Waals surface area contributed by atoms with Crippen molar-refractivity contribution >= 4 is 0 Å². The van der Waals surface area contributed by atoms with Gasteiger partial charge >= 0.3 is 0 Å². The Balaban J connectivity index is 1.79. The van der Waals surface area contributed by atoms with Gasteiger partial charge in [-0.2, -0.15) is 0 Å². The predicted molar refractivity (Wildman–Crippen MR) is 98.9 cm³/mol. The molecular weight excluding hydrogens is 333 g/mol. The summed E-state index contributed by atoms with van der Waals surface area (Å²) in [5.74, 6) is 0.509. The number of piperidine rings is 1. The maximum Gasteiger partial charge on any atom is 0.140 e. The Bertz CT molecular complexity index is 704. The van der Waals surface area contributed by atoms with E-state index in [-0.39, 0.29) is 11.6 Å². The maximum absolute atomic E-state index is 13.2. The smallest absolute Gasteiger partial charge is 0.140 e. The number of hydrogen-bond donors (Lipinski definition) is 2. The average molecular weight is 359 g/mol. The predicted octanol–water partition coefficient (Wildman–Crippen LogP) is 3.37. The van der Waals surface area contributed by atoms with Gasteiger partial charge in [-0.25, -0.2) is 4.39 Å². The van der Waals surface area contributed by atoms with Crippen LogP contribution in [0, 0.1) is 5.82 Å². The van der Waals surface area contributed by atoms with E-state index < -0.39 is 11.7 Å². The summed E-state index contributed by atoms with van der Waals surface area (Å²) >= 11 is 0. The van der Waals surface area contributed by atoms with Crippen molar-refractivity contribution in [2.45, 2.75) is 37.9 Å². The molecule has 0 amide bonds. The van der Waals surface area contributed by atoms with Gasteiger partial charge in [-0.15, -0.1) is 0 Å². The Morgan fingerprint density at radius 3 is 2.50 bits per heavy atom. The Labute approximate surface area is 153 Å². The van der Waals surface area contributed by atoms with Gasteiger partial charge in [0.15, 0.2) is 0 Å². The maximum atomic E-state index is 13.2. The average Bonchev–Trinajstić information content (AvgIpc) is 2.62. The van der Waals surface area contributed by atoms with Crippen molar-refractivity contribution in [3.05, 3.63) is 59.9 Å². The van der Waals surface area contributed by atoms with E-state index in [1.165, 1.54) is 12.1 Å². The molecular formula is C21H26FNO3. The second-order valence-electron chi connectivity index (χ2n) is 7.06. The number of phenols is 1. The van der Waals surface area contributed by atoms with Crippen molar-refractivity contribution in [2.24, 2.45) is 0 Å². The van der Waals surface area contributed by atoms with Crippen LogP contribution in [0.2, 0.25) is 0 Å². The summed E-state index contributed by atoms with van der Waals surface area (Å²) in [5, 5.41) is 20.8. The Morgan fingerprint density at radius 2 is 1.85 bits per heavy atom. The SMILES string of the molecule is CCCN1CCC(O)(Cc2ccc(F)cc2)C(Oc2ccc(O)cc2)C1. The van der Waals surface area contributed by atoms with Gasteiger partial charge in [-0.1, -0.05) is 19.1 Å². The van der Waals surface area contributed by atoms with Gasteiger partial charge in [0.1, 0.15) is 29.0 Å². The molecule has 1 heterocycles. The van der Waals surface area contributed by atoms with Gasteiger partial charge in [-0.05, 0) is 61.3 Å². The first kappa shape index (κ1) is 18.7. The first-order chi connectivity index (χ1) is 12.5. The monoisotopic (exact) mass is 359 g/mol. The fourth-order valence-corrected chi connectivity index (χ4v) is 3.52. The lowest BCUT2D eigenvalue weighted by atomic mass is 9.82. The molecule has 0 aliphatic carbocycles. The fourth-order valence-electron chi connectivity index (χ4n) is 3.52. The van der Waals surface area contributed by atoms with Crippen molar-refractivity contribution in [2.75, 3.05) is 19.6 Å². The third-order valence-electron chi connectivity index (χ3n) is 4.96. The molecule has 0 aromatic heterocycles. The van der Waals surface area contributed by atoms with Gasteiger partial charge in [0.25, 0.3) is 0 Å². The third kappa shape index (κ3) is 4.54. The largest absolute Gasteiger partial charge is 0.508 e. The van der Waals surface area contributed by atoms with E-state index in [2.05, 4.69) is 11.8 Å². The van der Waals surface area contributed by atoms with Crippen LogP contribution in [-0.2, 0) is 6.42 Å². The topological polar surface area (TPSA) is 52.9 Å². The van der Waals surface area contributed by atoms with E-state index in [4.69, 9.17) is 4.74 Å². The van der Waals surface area contributed by atoms with Crippen LogP contribution in [0.25, 0.3) is 0 Å². The number of likely N-dealkylation sites (tertiary alicyclic amines) is 1. The van der Waals surface area contributed by atoms with E-state index in [0.717, 1.165) is 25.1 Å². The minimum atomic E-state index is -1.03. The number of aliphatic hydroxyl groups is 1. The molecule has 1 saturated heterocycles. The molecule has 2 unspecified atom stereocenters. The van der Waals surface area contributed by atoms with Crippen molar-refractivity contribution in [3.8, 4) is 11.5 Å². The molecule has 1 aliphatic rings. The summed E-state index contributed by atoms with van der Waals surface area (Å²) in [4.78, 5) is 2.30. The number of phenolic OH excluding ortho intramolecular Hbond substituents is 1. The molecule has 0 saturated carbocycles. The number of hydrogen-bond acceptors (Lipinski definition) is 4. The van der Waals surface area contributed by atoms with Gasteiger partial charge in [-0.3, -0.25) is 4.90 Å². The molecule has 0 spiro atoms. The molecule has 0 radical (unpaired) electrons. The van der Waals surface area contributed by atoms with Crippen LogP contribution < -0.4 is 4.74 Å². The zero-order valence-electron chi connectivity index (χ0n) is 15.1. The number of ether oxygens (including phenoxy) is 1. The normalized spacial score (nSPS) is 23.7. The number of aromatic hydroxyl groups is 1. The summed E-state index contributed by atoms with van der Waals surface area (Å²) in [5.41, 5.74) is -0.142. The van der Waals surface area contributed by atoms with Crippen LogP contribution in [0.5, 0.6) is 11.5 Å². The minimum Gasteiger partial charge on any atom is -0.508 e. The molecule has 1 fully saturated rings. The van der Waals surface area contributed by atoms with Crippen LogP contribution in [0.4, 0.5) is 4.39 Å². The minimum absolute atomic E-state index is 0.176.